The number of fused-ring (bicyclic) bond motifs is 1. The third kappa shape index (κ3) is 4.47. The lowest BCUT2D eigenvalue weighted by molar-refractivity contribution is 0.565. The zero-order valence-corrected chi connectivity index (χ0v) is 16.2. The van der Waals surface area contributed by atoms with Gasteiger partial charge in [0.05, 0.1) is 5.75 Å². The molecule has 5 heteroatoms. The maximum absolute atomic E-state index is 12.5. The summed E-state index contributed by atoms with van der Waals surface area (Å²) >= 11 is 3.38. The minimum Gasteiger partial charge on any atom is -0.212 e. The second kappa shape index (κ2) is 7.38. The highest BCUT2D eigenvalue weighted by molar-refractivity contribution is 9.10. The number of benzene rings is 2. The number of sulfonamides is 1. The van der Waals surface area contributed by atoms with Crippen molar-refractivity contribution < 1.29 is 8.42 Å². The lowest BCUT2D eigenvalue weighted by Crippen LogP contribution is -2.28. The van der Waals surface area contributed by atoms with Crippen LogP contribution in [0.1, 0.15) is 48.1 Å². The van der Waals surface area contributed by atoms with Crippen molar-refractivity contribution in [3.05, 3.63) is 69.2 Å². The van der Waals surface area contributed by atoms with Gasteiger partial charge in [-0.3, -0.25) is 0 Å². The Morgan fingerprint density at radius 3 is 2.58 bits per heavy atom. The van der Waals surface area contributed by atoms with Crippen molar-refractivity contribution in [2.45, 2.75) is 44.4 Å². The molecule has 2 aromatic rings. The highest BCUT2D eigenvalue weighted by atomic mass is 79.9. The van der Waals surface area contributed by atoms with Gasteiger partial charge in [-0.25, -0.2) is 13.1 Å². The molecule has 0 unspecified atom stereocenters. The van der Waals surface area contributed by atoms with E-state index in [0.29, 0.717) is 0 Å². The van der Waals surface area contributed by atoms with Crippen LogP contribution in [-0.2, 0) is 28.6 Å². The van der Waals surface area contributed by atoms with Gasteiger partial charge >= 0.3 is 0 Å². The SMILES string of the molecule is C[C@@H](NS(=O)(=O)Cc1cccc(Br)c1)c1ccc2c(c1)CCCC2. The highest BCUT2D eigenvalue weighted by Gasteiger charge is 2.18. The monoisotopic (exact) mass is 407 g/mol. The van der Waals surface area contributed by atoms with Gasteiger partial charge in [-0.1, -0.05) is 46.3 Å². The van der Waals surface area contributed by atoms with Crippen molar-refractivity contribution in [3.63, 3.8) is 0 Å². The predicted octanol–water partition coefficient (Wildman–Crippen LogP) is 4.51. The van der Waals surface area contributed by atoms with E-state index in [1.807, 2.05) is 31.2 Å². The van der Waals surface area contributed by atoms with E-state index < -0.39 is 10.0 Å². The van der Waals surface area contributed by atoms with Crippen molar-refractivity contribution in [2.24, 2.45) is 0 Å². The van der Waals surface area contributed by atoms with Crippen LogP contribution < -0.4 is 4.72 Å². The first-order chi connectivity index (χ1) is 11.4. The molecular weight excluding hydrogens is 386 g/mol. The number of hydrogen-bond donors (Lipinski definition) is 1. The first kappa shape index (κ1) is 17.6. The highest BCUT2D eigenvalue weighted by Crippen LogP contribution is 2.25. The maximum Gasteiger partial charge on any atom is 0.216 e. The van der Waals surface area contributed by atoms with Crippen LogP contribution in [-0.4, -0.2) is 8.42 Å². The minimum atomic E-state index is -3.39. The van der Waals surface area contributed by atoms with E-state index in [4.69, 9.17) is 0 Å². The second-order valence-electron chi connectivity index (χ2n) is 6.46. The fourth-order valence-corrected chi connectivity index (χ4v) is 5.07. The van der Waals surface area contributed by atoms with Crippen LogP contribution in [0.3, 0.4) is 0 Å². The van der Waals surface area contributed by atoms with Gasteiger partial charge in [0.15, 0.2) is 0 Å². The molecule has 1 N–H and O–H groups in total. The third-order valence-electron chi connectivity index (χ3n) is 4.47. The molecule has 128 valence electrons. The minimum absolute atomic E-state index is 0.0122. The van der Waals surface area contributed by atoms with Crippen LogP contribution in [0.25, 0.3) is 0 Å². The molecule has 0 fully saturated rings. The third-order valence-corrected chi connectivity index (χ3v) is 6.39. The molecule has 1 aliphatic carbocycles. The van der Waals surface area contributed by atoms with Crippen LogP contribution in [0.4, 0.5) is 0 Å². The maximum atomic E-state index is 12.5. The Bertz CT molecular complexity index is 833. The molecule has 0 saturated heterocycles. The molecule has 2 aromatic carbocycles. The molecule has 1 aliphatic rings. The van der Waals surface area contributed by atoms with E-state index in [0.717, 1.165) is 28.4 Å². The molecule has 3 rings (SSSR count). The number of halogens is 1. The van der Waals surface area contributed by atoms with Crippen LogP contribution in [0.15, 0.2) is 46.9 Å². The summed E-state index contributed by atoms with van der Waals surface area (Å²) in [6, 6.07) is 13.5. The van der Waals surface area contributed by atoms with E-state index in [1.54, 1.807) is 0 Å². The average Bonchev–Trinajstić information content (AvgIpc) is 2.53. The molecule has 24 heavy (non-hydrogen) atoms. The van der Waals surface area contributed by atoms with Gasteiger partial charge in [-0.2, -0.15) is 0 Å². The Labute approximate surface area is 152 Å². The van der Waals surface area contributed by atoms with Crippen molar-refractivity contribution in [1.82, 2.24) is 4.72 Å². The van der Waals surface area contributed by atoms with Crippen molar-refractivity contribution in [1.29, 1.82) is 0 Å². The van der Waals surface area contributed by atoms with E-state index in [-0.39, 0.29) is 11.8 Å². The fraction of sp³-hybridized carbons (Fsp3) is 0.368. The van der Waals surface area contributed by atoms with Gasteiger partial charge in [0, 0.05) is 10.5 Å². The van der Waals surface area contributed by atoms with Gasteiger partial charge in [0.25, 0.3) is 0 Å². The summed E-state index contributed by atoms with van der Waals surface area (Å²) in [6.45, 7) is 1.91. The number of aryl methyl sites for hydroxylation is 2. The molecule has 1 atom stereocenters. The topological polar surface area (TPSA) is 46.2 Å². The summed E-state index contributed by atoms with van der Waals surface area (Å²) in [5, 5.41) is 0. The lowest BCUT2D eigenvalue weighted by atomic mass is 9.89. The van der Waals surface area contributed by atoms with Crippen LogP contribution >= 0.6 is 15.9 Å². The quantitative estimate of drug-likeness (QED) is 0.792. The summed E-state index contributed by atoms with van der Waals surface area (Å²) in [7, 11) is -3.39. The average molecular weight is 408 g/mol. The summed E-state index contributed by atoms with van der Waals surface area (Å²) < 4.78 is 28.6. The van der Waals surface area contributed by atoms with Crippen LogP contribution in [0, 0.1) is 0 Å². The van der Waals surface area contributed by atoms with Crippen LogP contribution in [0.2, 0.25) is 0 Å². The number of rotatable bonds is 5. The van der Waals surface area contributed by atoms with Crippen molar-refractivity contribution >= 4 is 26.0 Å². The van der Waals surface area contributed by atoms with E-state index in [1.165, 1.54) is 24.0 Å². The molecule has 0 radical (unpaired) electrons. The summed E-state index contributed by atoms with van der Waals surface area (Å²) in [6.07, 6.45) is 4.71. The fourth-order valence-electron chi connectivity index (χ4n) is 3.25. The largest absolute Gasteiger partial charge is 0.216 e. The molecule has 0 amide bonds. The number of hydrogen-bond acceptors (Lipinski definition) is 2. The van der Waals surface area contributed by atoms with E-state index >= 15 is 0 Å². The van der Waals surface area contributed by atoms with Crippen molar-refractivity contribution in [3.8, 4) is 0 Å². The smallest absolute Gasteiger partial charge is 0.212 e. The van der Waals surface area contributed by atoms with E-state index in [9.17, 15) is 8.42 Å². The van der Waals surface area contributed by atoms with Crippen molar-refractivity contribution in [2.75, 3.05) is 0 Å². The van der Waals surface area contributed by atoms with Gasteiger partial charge in [0.2, 0.25) is 10.0 Å². The van der Waals surface area contributed by atoms with Gasteiger partial charge in [-0.05, 0) is 67.0 Å². The molecule has 3 nitrogen and oxygen atoms in total. The summed E-state index contributed by atoms with van der Waals surface area (Å²) in [4.78, 5) is 0. The lowest BCUT2D eigenvalue weighted by Gasteiger charge is -2.20. The molecule has 0 saturated carbocycles. The Balaban J connectivity index is 1.72. The Kier molecular flexibility index (Phi) is 5.42. The summed E-state index contributed by atoms with van der Waals surface area (Å²) in [5.41, 5.74) is 4.59. The molecule has 0 aliphatic heterocycles. The van der Waals surface area contributed by atoms with Crippen LogP contribution in [0.5, 0.6) is 0 Å². The van der Waals surface area contributed by atoms with E-state index in [2.05, 4.69) is 38.9 Å². The van der Waals surface area contributed by atoms with Gasteiger partial charge in [-0.15, -0.1) is 0 Å². The Morgan fingerprint density at radius 1 is 1.08 bits per heavy atom. The molecule has 0 heterocycles. The zero-order valence-electron chi connectivity index (χ0n) is 13.8. The normalized spacial score (nSPS) is 15.8. The molecular formula is C19H22BrNO2S. The second-order valence-corrected chi connectivity index (χ2v) is 9.13. The molecule has 0 bridgehead atoms. The Hall–Kier alpha value is -1.17. The molecule has 0 aromatic heterocycles. The number of nitrogens with one attached hydrogen (secondary N) is 1. The van der Waals surface area contributed by atoms with Gasteiger partial charge in [0.1, 0.15) is 0 Å². The Morgan fingerprint density at radius 2 is 1.83 bits per heavy atom. The first-order valence-corrected chi connectivity index (χ1v) is 10.7. The predicted molar refractivity (Wildman–Crippen MR) is 101 cm³/mol. The molecule has 0 spiro atoms. The standard InChI is InChI=1S/C19H22BrNO2S/c1-14(17-10-9-16-6-2-3-7-18(16)12-17)21-24(22,23)13-15-5-4-8-19(20)11-15/h4-5,8-12,14,21H,2-3,6-7,13H2,1H3/t14-/m1/s1. The van der Waals surface area contributed by atoms with Gasteiger partial charge < -0.3 is 0 Å². The zero-order chi connectivity index (χ0) is 17.2. The first-order valence-electron chi connectivity index (χ1n) is 8.29. The summed E-state index contributed by atoms with van der Waals surface area (Å²) in [5.74, 6) is -0.0122.